The summed E-state index contributed by atoms with van der Waals surface area (Å²) < 4.78 is 5.39. The molecule has 9 heavy (non-hydrogen) atoms. The van der Waals surface area contributed by atoms with Crippen LogP contribution in [0.3, 0.4) is 0 Å². The predicted octanol–water partition coefficient (Wildman–Crippen LogP) is 2.04. The summed E-state index contributed by atoms with van der Waals surface area (Å²) in [5.41, 5.74) is 0. The summed E-state index contributed by atoms with van der Waals surface area (Å²) in [7, 11) is 0. The second-order valence-corrected chi connectivity index (χ2v) is 3.44. The molecule has 0 aromatic carbocycles. The first-order valence-electron chi connectivity index (χ1n) is 3.47. The highest BCUT2D eigenvalue weighted by Gasteiger charge is 2.28. The normalized spacial score (nSPS) is 36.0. The Morgan fingerprint density at radius 3 is 2.44 bits per heavy atom. The van der Waals surface area contributed by atoms with E-state index in [1.54, 1.807) is 0 Å². The molecule has 1 fully saturated rings. The zero-order valence-corrected chi connectivity index (χ0v) is 6.69. The van der Waals surface area contributed by atoms with Crippen molar-refractivity contribution in [2.45, 2.75) is 31.7 Å². The first-order chi connectivity index (χ1) is 4.22. The van der Waals surface area contributed by atoms with Crippen molar-refractivity contribution in [2.24, 2.45) is 5.92 Å². The Morgan fingerprint density at radius 2 is 2.22 bits per heavy atom. The van der Waals surface area contributed by atoms with Gasteiger partial charge < -0.3 is 4.74 Å². The predicted molar refractivity (Wildman–Crippen MR) is 38.8 cm³/mol. The average Bonchev–Trinajstić information content (AvgIpc) is 2.13. The van der Waals surface area contributed by atoms with E-state index in [4.69, 9.17) is 16.3 Å². The highest BCUT2D eigenvalue weighted by atomic mass is 35.5. The number of ether oxygens (including phenoxy) is 1. The SMILES string of the molecule is CC(C)C1OCCC1Cl. The molecule has 1 aliphatic heterocycles. The number of halogens is 1. The molecule has 0 aromatic rings. The summed E-state index contributed by atoms with van der Waals surface area (Å²) in [5, 5.41) is 0.255. The van der Waals surface area contributed by atoms with Crippen LogP contribution in [0.4, 0.5) is 0 Å². The lowest BCUT2D eigenvalue weighted by atomic mass is 10.0. The molecule has 1 heterocycles. The van der Waals surface area contributed by atoms with E-state index in [9.17, 15) is 0 Å². The lowest BCUT2D eigenvalue weighted by Gasteiger charge is -2.16. The van der Waals surface area contributed by atoms with E-state index in [0.29, 0.717) is 12.0 Å². The van der Waals surface area contributed by atoms with Gasteiger partial charge in [0.1, 0.15) is 0 Å². The van der Waals surface area contributed by atoms with Crippen LogP contribution in [0, 0.1) is 5.92 Å². The third-order valence-corrected chi connectivity index (χ3v) is 2.18. The van der Waals surface area contributed by atoms with Crippen molar-refractivity contribution < 1.29 is 4.74 Å². The molecule has 1 saturated heterocycles. The summed E-state index contributed by atoms with van der Waals surface area (Å²) in [6, 6.07) is 0. The quantitative estimate of drug-likeness (QED) is 0.518. The minimum Gasteiger partial charge on any atom is -0.376 e. The molecule has 0 radical (unpaired) electrons. The second-order valence-electron chi connectivity index (χ2n) is 2.88. The number of rotatable bonds is 1. The highest BCUT2D eigenvalue weighted by molar-refractivity contribution is 6.21. The Bertz CT molecular complexity index is 92.9. The van der Waals surface area contributed by atoms with Gasteiger partial charge in [-0.25, -0.2) is 0 Å². The number of alkyl halides is 1. The van der Waals surface area contributed by atoms with Gasteiger partial charge in [0.25, 0.3) is 0 Å². The van der Waals surface area contributed by atoms with Crippen molar-refractivity contribution in [3.05, 3.63) is 0 Å². The van der Waals surface area contributed by atoms with Crippen LogP contribution < -0.4 is 0 Å². The first kappa shape index (κ1) is 7.36. The summed E-state index contributed by atoms with van der Waals surface area (Å²) in [6.45, 7) is 5.13. The van der Waals surface area contributed by atoms with Crippen LogP contribution in [0.15, 0.2) is 0 Å². The fourth-order valence-corrected chi connectivity index (χ4v) is 1.65. The Hall–Kier alpha value is 0.250. The fourth-order valence-electron chi connectivity index (χ4n) is 1.20. The van der Waals surface area contributed by atoms with Gasteiger partial charge in [0, 0.05) is 6.61 Å². The van der Waals surface area contributed by atoms with Gasteiger partial charge in [0.2, 0.25) is 0 Å². The minimum absolute atomic E-state index is 0.255. The summed E-state index contributed by atoms with van der Waals surface area (Å²) in [4.78, 5) is 0. The third-order valence-electron chi connectivity index (χ3n) is 1.72. The highest BCUT2D eigenvalue weighted by Crippen LogP contribution is 2.24. The standard InChI is InChI=1S/C7H13ClO/c1-5(2)7-6(8)3-4-9-7/h5-7H,3-4H2,1-2H3. The van der Waals surface area contributed by atoms with Crippen molar-refractivity contribution in [2.75, 3.05) is 6.61 Å². The van der Waals surface area contributed by atoms with Crippen LogP contribution in [0.1, 0.15) is 20.3 Å². The molecule has 0 amide bonds. The molecule has 2 unspecified atom stereocenters. The van der Waals surface area contributed by atoms with Crippen LogP contribution in [0.25, 0.3) is 0 Å². The Balaban J connectivity index is 2.40. The molecule has 2 atom stereocenters. The maximum absolute atomic E-state index is 5.95. The molecule has 0 N–H and O–H groups in total. The molecule has 1 rings (SSSR count). The average molecular weight is 149 g/mol. The molecule has 0 aliphatic carbocycles. The zero-order valence-electron chi connectivity index (χ0n) is 5.93. The molecule has 0 bridgehead atoms. The van der Waals surface area contributed by atoms with Crippen molar-refractivity contribution in [3.63, 3.8) is 0 Å². The van der Waals surface area contributed by atoms with Gasteiger partial charge in [-0.1, -0.05) is 13.8 Å². The van der Waals surface area contributed by atoms with Gasteiger partial charge in [-0.2, -0.15) is 0 Å². The van der Waals surface area contributed by atoms with Gasteiger partial charge >= 0.3 is 0 Å². The molecule has 0 aromatic heterocycles. The maximum atomic E-state index is 5.95. The van der Waals surface area contributed by atoms with E-state index in [1.807, 2.05) is 0 Å². The van der Waals surface area contributed by atoms with E-state index < -0.39 is 0 Å². The topological polar surface area (TPSA) is 9.23 Å². The lowest BCUT2D eigenvalue weighted by molar-refractivity contribution is 0.0772. The molecule has 54 valence electrons. The minimum atomic E-state index is 0.255. The molecule has 1 aliphatic rings. The van der Waals surface area contributed by atoms with Crippen LogP contribution in [-0.4, -0.2) is 18.1 Å². The van der Waals surface area contributed by atoms with Gasteiger partial charge in [0.15, 0.2) is 0 Å². The van der Waals surface area contributed by atoms with Crippen molar-refractivity contribution in [3.8, 4) is 0 Å². The number of hydrogen-bond acceptors (Lipinski definition) is 1. The van der Waals surface area contributed by atoms with Crippen molar-refractivity contribution in [1.29, 1.82) is 0 Å². The molecule has 0 saturated carbocycles. The largest absolute Gasteiger partial charge is 0.376 e. The van der Waals surface area contributed by atoms with E-state index in [1.165, 1.54) is 0 Å². The van der Waals surface area contributed by atoms with Crippen LogP contribution in [0.2, 0.25) is 0 Å². The first-order valence-corrected chi connectivity index (χ1v) is 3.91. The van der Waals surface area contributed by atoms with Crippen molar-refractivity contribution >= 4 is 11.6 Å². The van der Waals surface area contributed by atoms with Gasteiger partial charge in [0.05, 0.1) is 11.5 Å². The molecule has 0 spiro atoms. The van der Waals surface area contributed by atoms with Crippen LogP contribution >= 0.6 is 11.6 Å². The van der Waals surface area contributed by atoms with Crippen LogP contribution in [-0.2, 0) is 4.74 Å². The summed E-state index contributed by atoms with van der Waals surface area (Å²) in [5.74, 6) is 0.565. The van der Waals surface area contributed by atoms with Gasteiger partial charge in [-0.3, -0.25) is 0 Å². The van der Waals surface area contributed by atoms with Gasteiger partial charge in [-0.05, 0) is 12.3 Å². The third kappa shape index (κ3) is 1.59. The zero-order chi connectivity index (χ0) is 6.85. The smallest absolute Gasteiger partial charge is 0.0762 e. The monoisotopic (exact) mass is 148 g/mol. The summed E-state index contributed by atoms with van der Waals surface area (Å²) >= 11 is 5.95. The maximum Gasteiger partial charge on any atom is 0.0762 e. The van der Waals surface area contributed by atoms with E-state index in [0.717, 1.165) is 13.0 Å². The van der Waals surface area contributed by atoms with E-state index >= 15 is 0 Å². The Kier molecular flexibility index (Phi) is 2.36. The Morgan fingerprint density at radius 1 is 1.56 bits per heavy atom. The van der Waals surface area contributed by atoms with E-state index in [-0.39, 0.29) is 5.38 Å². The lowest BCUT2D eigenvalue weighted by Crippen LogP contribution is -2.22. The Labute approximate surface area is 61.3 Å². The molecule has 2 heteroatoms. The van der Waals surface area contributed by atoms with Crippen molar-refractivity contribution in [1.82, 2.24) is 0 Å². The fraction of sp³-hybridized carbons (Fsp3) is 1.00. The molecular weight excluding hydrogens is 136 g/mol. The molecule has 1 nitrogen and oxygen atoms in total. The van der Waals surface area contributed by atoms with Crippen LogP contribution in [0.5, 0.6) is 0 Å². The molecular formula is C7H13ClO. The number of hydrogen-bond donors (Lipinski definition) is 0. The van der Waals surface area contributed by atoms with E-state index in [2.05, 4.69) is 13.8 Å². The van der Waals surface area contributed by atoms with Gasteiger partial charge in [-0.15, -0.1) is 11.6 Å². The second kappa shape index (κ2) is 2.89. The summed E-state index contributed by atoms with van der Waals surface area (Å²) in [6.07, 6.45) is 1.32.